The second-order valence-electron chi connectivity index (χ2n) is 11.8. The fraction of sp³-hybridized carbons (Fsp3) is 0.257. The Balaban J connectivity index is 1.33. The second kappa shape index (κ2) is 15.8. The molecule has 51 heavy (non-hydrogen) atoms. The van der Waals surface area contributed by atoms with Crippen molar-refractivity contribution in [3.05, 3.63) is 130 Å². The first-order chi connectivity index (χ1) is 24.3. The summed E-state index contributed by atoms with van der Waals surface area (Å²) in [4.78, 5) is 48.0. The van der Waals surface area contributed by atoms with Gasteiger partial charge in [0.05, 0.1) is 24.2 Å². The Hall–Kier alpha value is -5.90. The lowest BCUT2D eigenvalue weighted by Crippen LogP contribution is -2.45. The maximum atomic E-state index is 13.7. The molecule has 0 radical (unpaired) electrons. The van der Waals surface area contributed by atoms with Crippen molar-refractivity contribution in [1.29, 1.82) is 0 Å². The van der Waals surface area contributed by atoms with E-state index in [0.29, 0.717) is 11.1 Å². The molecular formula is C35H32F4N6O6. The van der Waals surface area contributed by atoms with Crippen molar-refractivity contribution in [2.24, 2.45) is 5.92 Å². The summed E-state index contributed by atoms with van der Waals surface area (Å²) in [5.74, 6) is -2.02. The van der Waals surface area contributed by atoms with Crippen LogP contribution in [0.3, 0.4) is 0 Å². The number of hydrogen-bond acceptors (Lipinski definition) is 9. The van der Waals surface area contributed by atoms with Crippen LogP contribution in [-0.2, 0) is 35.3 Å². The number of aromatic nitrogens is 4. The Kier molecular flexibility index (Phi) is 11.2. The molecule has 3 aromatic carbocycles. The zero-order valence-corrected chi connectivity index (χ0v) is 27.2. The predicted molar refractivity (Wildman–Crippen MR) is 174 cm³/mol. The quantitative estimate of drug-likeness (QED) is 0.139. The fourth-order valence-corrected chi connectivity index (χ4v) is 5.06. The molecule has 5 aromatic rings. The van der Waals surface area contributed by atoms with Gasteiger partial charge in [-0.2, -0.15) is 18.2 Å². The number of ether oxygens (including phenoxy) is 1. The fourth-order valence-electron chi connectivity index (χ4n) is 5.06. The number of alkyl halides is 3. The third-order valence-electron chi connectivity index (χ3n) is 7.64. The third-order valence-corrected chi connectivity index (χ3v) is 7.64. The number of rotatable bonds is 12. The standard InChI is InChI=1S/C35H32F4N6O6/c1-20(2)29(30(47)31-43-28(51-44-31)16-22-9-6-10-24(15-22)35(37,38)39)42-27(46)18-45-32(23-11-13-25(36)14-12-23)40-17-26(33(45)48)41-34(49)50-19-21-7-4-3-5-8-21/h3-15,17,20,29-30,47H,16,18-19H2,1-2H3,(H,41,49)(H,42,46)/t29-,30?/m0/s1. The number of carbonyl (C=O) groups excluding carboxylic acids is 2. The van der Waals surface area contributed by atoms with Gasteiger partial charge in [0.25, 0.3) is 5.56 Å². The van der Waals surface area contributed by atoms with E-state index in [1.165, 1.54) is 24.3 Å². The van der Waals surface area contributed by atoms with Crippen molar-refractivity contribution >= 4 is 17.7 Å². The van der Waals surface area contributed by atoms with Crippen molar-refractivity contribution in [3.63, 3.8) is 0 Å². The van der Waals surface area contributed by atoms with Gasteiger partial charge < -0.3 is 19.7 Å². The van der Waals surface area contributed by atoms with Crippen LogP contribution in [0.2, 0.25) is 0 Å². The summed E-state index contributed by atoms with van der Waals surface area (Å²) in [5, 5.41) is 19.9. The third kappa shape index (κ3) is 9.42. The molecule has 2 amide bonds. The van der Waals surface area contributed by atoms with Crippen LogP contribution in [0.15, 0.2) is 94.4 Å². The van der Waals surface area contributed by atoms with Crippen LogP contribution >= 0.6 is 0 Å². The van der Waals surface area contributed by atoms with E-state index < -0.39 is 59.7 Å². The molecule has 3 N–H and O–H groups in total. The topological polar surface area (TPSA) is 161 Å². The maximum absolute atomic E-state index is 13.7. The highest BCUT2D eigenvalue weighted by Gasteiger charge is 2.32. The average molecular weight is 709 g/mol. The zero-order valence-electron chi connectivity index (χ0n) is 27.2. The van der Waals surface area contributed by atoms with Gasteiger partial charge in [-0.3, -0.25) is 19.5 Å². The summed E-state index contributed by atoms with van der Waals surface area (Å²) in [6.07, 6.45) is -6.06. The smallest absolute Gasteiger partial charge is 0.416 e. The van der Waals surface area contributed by atoms with Crippen molar-refractivity contribution < 1.29 is 41.5 Å². The molecule has 0 saturated carbocycles. The molecule has 0 aliphatic rings. The Morgan fingerprint density at radius 1 is 1.00 bits per heavy atom. The van der Waals surface area contributed by atoms with Crippen molar-refractivity contribution in [2.45, 2.75) is 51.7 Å². The Bertz CT molecular complexity index is 2030. The number of carbonyl (C=O) groups is 2. The first-order valence-corrected chi connectivity index (χ1v) is 15.6. The van der Waals surface area contributed by atoms with Crippen LogP contribution in [0, 0.1) is 11.7 Å². The predicted octanol–water partition coefficient (Wildman–Crippen LogP) is 5.67. The van der Waals surface area contributed by atoms with Crippen LogP contribution in [0.5, 0.6) is 0 Å². The van der Waals surface area contributed by atoms with Crippen LogP contribution in [-0.4, -0.2) is 42.8 Å². The summed E-state index contributed by atoms with van der Waals surface area (Å²) in [6.45, 7) is 2.68. The molecule has 2 aromatic heterocycles. The number of halogens is 4. The number of aliphatic hydroxyl groups excluding tert-OH is 1. The average Bonchev–Trinajstić information content (AvgIpc) is 3.57. The van der Waals surface area contributed by atoms with E-state index in [1.54, 1.807) is 44.2 Å². The Morgan fingerprint density at radius 2 is 1.71 bits per heavy atom. The first-order valence-electron chi connectivity index (χ1n) is 15.6. The van der Waals surface area contributed by atoms with Gasteiger partial charge >= 0.3 is 12.3 Å². The molecule has 2 atom stereocenters. The molecule has 0 aliphatic carbocycles. The van der Waals surface area contributed by atoms with Gasteiger partial charge in [0, 0.05) is 5.56 Å². The summed E-state index contributed by atoms with van der Waals surface area (Å²) < 4.78 is 64.5. The van der Waals surface area contributed by atoms with Gasteiger partial charge in [-0.05, 0) is 47.4 Å². The molecule has 1 unspecified atom stereocenters. The van der Waals surface area contributed by atoms with Gasteiger partial charge in [-0.1, -0.05) is 67.5 Å². The van der Waals surface area contributed by atoms with Crippen LogP contribution < -0.4 is 16.2 Å². The second-order valence-corrected chi connectivity index (χ2v) is 11.8. The lowest BCUT2D eigenvalue weighted by molar-refractivity contribution is -0.137. The van der Waals surface area contributed by atoms with E-state index in [4.69, 9.17) is 9.26 Å². The van der Waals surface area contributed by atoms with Crippen molar-refractivity contribution in [2.75, 3.05) is 5.32 Å². The number of hydrogen-bond donors (Lipinski definition) is 3. The van der Waals surface area contributed by atoms with Gasteiger partial charge in [-0.15, -0.1) is 0 Å². The minimum atomic E-state index is -4.54. The maximum Gasteiger partial charge on any atom is 0.416 e. The van der Waals surface area contributed by atoms with E-state index in [-0.39, 0.29) is 41.8 Å². The number of anilines is 1. The number of nitrogens with zero attached hydrogens (tertiary/aromatic N) is 4. The SMILES string of the molecule is CC(C)[C@H](NC(=O)Cn1c(-c2ccc(F)cc2)ncc(NC(=O)OCc2ccccc2)c1=O)C(O)c1noc(Cc2cccc(C(F)(F)F)c2)n1. The Labute approximate surface area is 288 Å². The number of aliphatic hydroxyl groups is 1. The van der Waals surface area contributed by atoms with E-state index in [9.17, 15) is 37.1 Å². The monoisotopic (exact) mass is 708 g/mol. The molecule has 0 saturated heterocycles. The van der Waals surface area contributed by atoms with E-state index in [2.05, 4.69) is 25.8 Å². The number of benzene rings is 3. The van der Waals surface area contributed by atoms with Crippen LogP contribution in [0.4, 0.5) is 28.0 Å². The lowest BCUT2D eigenvalue weighted by Gasteiger charge is -2.26. The lowest BCUT2D eigenvalue weighted by atomic mass is 9.98. The molecule has 0 fully saturated rings. The molecule has 12 nitrogen and oxygen atoms in total. The van der Waals surface area contributed by atoms with Crippen molar-refractivity contribution in [3.8, 4) is 11.4 Å². The first kappa shape index (κ1) is 36.4. The highest BCUT2D eigenvalue weighted by Crippen LogP contribution is 2.30. The van der Waals surface area contributed by atoms with Crippen LogP contribution in [0.25, 0.3) is 11.4 Å². The molecule has 16 heteroatoms. The van der Waals surface area contributed by atoms with E-state index >= 15 is 0 Å². The number of amides is 2. The number of nitrogens with one attached hydrogen (secondary N) is 2. The van der Waals surface area contributed by atoms with Gasteiger partial charge in [-0.25, -0.2) is 14.2 Å². The van der Waals surface area contributed by atoms with E-state index in [0.717, 1.165) is 35.0 Å². The molecule has 0 aliphatic heterocycles. The normalized spacial score (nSPS) is 12.7. The zero-order chi connectivity index (χ0) is 36.7. The minimum absolute atomic E-state index is 0.0163. The molecule has 5 rings (SSSR count). The molecule has 266 valence electrons. The van der Waals surface area contributed by atoms with E-state index in [1.807, 2.05) is 0 Å². The molecule has 0 spiro atoms. The highest BCUT2D eigenvalue weighted by molar-refractivity contribution is 5.84. The highest BCUT2D eigenvalue weighted by atomic mass is 19.4. The molecule has 2 heterocycles. The van der Waals surface area contributed by atoms with Gasteiger partial charge in [0.15, 0.2) is 0 Å². The largest absolute Gasteiger partial charge is 0.444 e. The summed E-state index contributed by atoms with van der Waals surface area (Å²) in [5.41, 5.74) is -0.715. The van der Waals surface area contributed by atoms with Gasteiger partial charge in [0.1, 0.15) is 36.6 Å². The summed E-state index contributed by atoms with van der Waals surface area (Å²) in [6, 6.07) is 17.4. The molecular weight excluding hydrogens is 676 g/mol. The van der Waals surface area contributed by atoms with Crippen LogP contribution in [0.1, 0.15) is 48.4 Å². The summed E-state index contributed by atoms with van der Waals surface area (Å²) in [7, 11) is 0. The Morgan fingerprint density at radius 3 is 2.39 bits per heavy atom. The minimum Gasteiger partial charge on any atom is -0.444 e. The molecule has 0 bridgehead atoms. The summed E-state index contributed by atoms with van der Waals surface area (Å²) >= 11 is 0. The van der Waals surface area contributed by atoms with Gasteiger partial charge in [0.2, 0.25) is 17.6 Å². The van der Waals surface area contributed by atoms with Crippen molar-refractivity contribution in [1.82, 2.24) is 25.0 Å².